The van der Waals surface area contributed by atoms with Crippen molar-refractivity contribution in [2.45, 2.75) is 20.3 Å². The van der Waals surface area contributed by atoms with Gasteiger partial charge in [-0.1, -0.05) is 55.2 Å². The van der Waals surface area contributed by atoms with Gasteiger partial charge in [0, 0.05) is 9.39 Å². The Kier molecular flexibility index (Phi) is 7.63. The van der Waals surface area contributed by atoms with Gasteiger partial charge < -0.3 is 0 Å². The van der Waals surface area contributed by atoms with E-state index in [1.54, 1.807) is 13.0 Å². The number of rotatable bonds is 4. The zero-order valence-corrected chi connectivity index (χ0v) is 14.1. The summed E-state index contributed by atoms with van der Waals surface area (Å²) in [6.07, 6.45) is 16.3. The van der Waals surface area contributed by atoms with Crippen LogP contribution in [0.1, 0.15) is 20.3 Å². The molecule has 0 aromatic carbocycles. The van der Waals surface area contributed by atoms with Gasteiger partial charge >= 0.3 is 0 Å². The molecule has 106 valence electrons. The van der Waals surface area contributed by atoms with Crippen LogP contribution in [0.2, 0.25) is 0 Å². The molecule has 1 rings (SSSR count). The first-order chi connectivity index (χ1) is 9.65. The molecule has 0 spiro atoms. The molecule has 3 heteroatoms. The summed E-state index contributed by atoms with van der Waals surface area (Å²) in [6.45, 7) is 7.46. The summed E-state index contributed by atoms with van der Waals surface area (Å²) >= 11 is 3.95. The van der Waals surface area contributed by atoms with Crippen LogP contribution in [0.4, 0.5) is 3.89 Å². The first kappa shape index (κ1) is 17.0. The molecule has 0 nitrogen and oxygen atoms in total. The second-order valence-corrected chi connectivity index (χ2v) is 5.73. The van der Waals surface area contributed by atoms with Crippen LogP contribution >= 0.6 is 28.1 Å². The summed E-state index contributed by atoms with van der Waals surface area (Å²) in [7, 11) is 0. The average Bonchev–Trinajstić information content (AvgIpc) is 2.72. The SMILES string of the molecule is C=C\C=C/C(=C\C)C(/Br)=C1/CC=CC=C/C1=C(/C)SF. The first-order valence-corrected chi connectivity index (χ1v) is 7.84. The number of halogens is 2. The summed E-state index contributed by atoms with van der Waals surface area (Å²) in [6, 6.07) is 0. The maximum atomic E-state index is 13.0. The maximum absolute atomic E-state index is 13.0. The number of hydrogen-bond acceptors (Lipinski definition) is 1. The largest absolute Gasteiger partial charge is 0.160 e. The molecular formula is C17H18BrFS. The Hall–Kier alpha value is -1.06. The fourth-order valence-corrected chi connectivity index (χ4v) is 2.86. The molecule has 0 aliphatic heterocycles. The van der Waals surface area contributed by atoms with Crippen LogP contribution in [0, 0.1) is 0 Å². The lowest BCUT2D eigenvalue weighted by molar-refractivity contribution is 0.942. The van der Waals surface area contributed by atoms with Crippen molar-refractivity contribution in [1.82, 2.24) is 0 Å². The van der Waals surface area contributed by atoms with Crippen molar-refractivity contribution in [2.24, 2.45) is 0 Å². The molecule has 0 saturated carbocycles. The van der Waals surface area contributed by atoms with Crippen molar-refractivity contribution in [3.05, 3.63) is 81.3 Å². The van der Waals surface area contributed by atoms with E-state index in [2.05, 4.69) is 28.6 Å². The van der Waals surface area contributed by atoms with E-state index < -0.39 is 0 Å². The molecule has 0 amide bonds. The average molecular weight is 353 g/mol. The zero-order chi connectivity index (χ0) is 15.0. The van der Waals surface area contributed by atoms with Gasteiger partial charge in [-0.2, -0.15) is 3.89 Å². The predicted molar refractivity (Wildman–Crippen MR) is 93.3 cm³/mol. The van der Waals surface area contributed by atoms with Gasteiger partial charge in [0.1, 0.15) is 0 Å². The highest BCUT2D eigenvalue weighted by Crippen LogP contribution is 2.35. The standard InChI is InChI=1S/C17H18BrFS/c1-4-6-10-14(5-2)17(18)16-12-9-7-8-11-15(16)13(3)20-19/h4-11H,1,12H2,2-3H3/b10-6-,14-5+,15-13+,17-16+. The summed E-state index contributed by atoms with van der Waals surface area (Å²) in [5.74, 6) is 0. The fraction of sp³-hybridized carbons (Fsp3) is 0.176. The summed E-state index contributed by atoms with van der Waals surface area (Å²) < 4.78 is 13.9. The molecule has 0 bridgehead atoms. The second-order valence-electron chi connectivity index (χ2n) is 4.17. The number of hydrogen-bond donors (Lipinski definition) is 0. The van der Waals surface area contributed by atoms with Crippen LogP contribution in [-0.2, 0) is 0 Å². The van der Waals surface area contributed by atoms with Crippen LogP contribution in [-0.4, -0.2) is 0 Å². The smallest absolute Gasteiger partial charge is 0.0770 e. The molecule has 0 fully saturated rings. The lowest BCUT2D eigenvalue weighted by Gasteiger charge is -2.12. The van der Waals surface area contributed by atoms with E-state index in [9.17, 15) is 3.89 Å². The van der Waals surface area contributed by atoms with Gasteiger partial charge in [0.05, 0.1) is 12.1 Å². The molecule has 1 aliphatic carbocycles. The van der Waals surface area contributed by atoms with E-state index in [0.29, 0.717) is 17.1 Å². The third kappa shape index (κ3) is 4.50. The Morgan fingerprint density at radius 1 is 1.45 bits per heavy atom. The summed E-state index contributed by atoms with van der Waals surface area (Å²) in [5, 5.41) is 0. The third-order valence-corrected chi connectivity index (χ3v) is 4.28. The fourth-order valence-electron chi connectivity index (χ4n) is 1.85. The van der Waals surface area contributed by atoms with Gasteiger partial charge in [0.15, 0.2) is 0 Å². The molecule has 0 heterocycles. The van der Waals surface area contributed by atoms with Gasteiger partial charge in [0.25, 0.3) is 0 Å². The lowest BCUT2D eigenvalue weighted by Crippen LogP contribution is -1.93. The highest BCUT2D eigenvalue weighted by Gasteiger charge is 2.13. The van der Waals surface area contributed by atoms with Crippen LogP contribution in [0.15, 0.2) is 81.3 Å². The third-order valence-electron chi connectivity index (χ3n) is 2.89. The minimum absolute atomic E-state index is 0.291. The Morgan fingerprint density at radius 3 is 2.80 bits per heavy atom. The normalized spacial score (nSPS) is 21.1. The van der Waals surface area contributed by atoms with E-state index in [0.717, 1.165) is 27.6 Å². The van der Waals surface area contributed by atoms with Crippen LogP contribution in [0.5, 0.6) is 0 Å². The van der Waals surface area contributed by atoms with E-state index in [4.69, 9.17) is 0 Å². The first-order valence-electron chi connectivity index (χ1n) is 6.33. The Bertz CT molecular complexity index is 545. The molecule has 0 unspecified atom stereocenters. The quantitative estimate of drug-likeness (QED) is 0.505. The van der Waals surface area contributed by atoms with Gasteiger partial charge in [-0.3, -0.25) is 0 Å². The van der Waals surface area contributed by atoms with E-state index >= 15 is 0 Å². The molecule has 1 aliphatic rings. The molecule has 0 radical (unpaired) electrons. The van der Waals surface area contributed by atoms with E-state index in [-0.39, 0.29) is 0 Å². The lowest BCUT2D eigenvalue weighted by atomic mass is 9.99. The van der Waals surface area contributed by atoms with Crippen LogP contribution < -0.4 is 0 Å². The topological polar surface area (TPSA) is 0 Å². The Balaban J connectivity index is 3.39. The maximum Gasteiger partial charge on any atom is 0.0770 e. The van der Waals surface area contributed by atoms with Gasteiger partial charge in [-0.05, 0) is 52.9 Å². The Labute approximate surface area is 133 Å². The second kappa shape index (κ2) is 8.98. The number of allylic oxidation sites excluding steroid dienone is 13. The molecule has 20 heavy (non-hydrogen) atoms. The van der Waals surface area contributed by atoms with Crippen molar-refractivity contribution < 1.29 is 3.89 Å². The zero-order valence-electron chi connectivity index (χ0n) is 11.7. The molecule has 0 aromatic rings. The monoisotopic (exact) mass is 352 g/mol. The van der Waals surface area contributed by atoms with Crippen molar-refractivity contribution >= 4 is 28.1 Å². The summed E-state index contributed by atoms with van der Waals surface area (Å²) in [5.41, 5.74) is 3.07. The van der Waals surface area contributed by atoms with Crippen LogP contribution in [0.3, 0.4) is 0 Å². The van der Waals surface area contributed by atoms with Crippen molar-refractivity contribution in [2.75, 3.05) is 0 Å². The Morgan fingerprint density at radius 2 is 2.20 bits per heavy atom. The molecule has 0 saturated heterocycles. The highest BCUT2D eigenvalue weighted by atomic mass is 79.9. The molecule has 0 aromatic heterocycles. The highest BCUT2D eigenvalue weighted by molar-refractivity contribution is 9.12. The molecule has 0 N–H and O–H groups in total. The van der Waals surface area contributed by atoms with E-state index in [1.807, 2.05) is 43.4 Å². The minimum atomic E-state index is 0.291. The summed E-state index contributed by atoms with van der Waals surface area (Å²) in [4.78, 5) is 0.667. The predicted octanol–water partition coefficient (Wildman–Crippen LogP) is 6.73. The minimum Gasteiger partial charge on any atom is -0.160 e. The van der Waals surface area contributed by atoms with Crippen LogP contribution in [0.25, 0.3) is 0 Å². The van der Waals surface area contributed by atoms with Crippen molar-refractivity contribution in [1.29, 1.82) is 0 Å². The van der Waals surface area contributed by atoms with Gasteiger partial charge in [0.2, 0.25) is 0 Å². The van der Waals surface area contributed by atoms with Gasteiger partial charge in [-0.15, -0.1) is 0 Å². The molecule has 0 atom stereocenters. The van der Waals surface area contributed by atoms with Gasteiger partial charge in [-0.25, -0.2) is 0 Å². The molecular weight excluding hydrogens is 335 g/mol. The van der Waals surface area contributed by atoms with Crippen molar-refractivity contribution in [3.63, 3.8) is 0 Å². The van der Waals surface area contributed by atoms with Crippen molar-refractivity contribution in [3.8, 4) is 0 Å². The van der Waals surface area contributed by atoms with E-state index in [1.165, 1.54) is 0 Å².